The van der Waals surface area contributed by atoms with Gasteiger partial charge in [0.05, 0.1) is 0 Å². The third-order valence-electron chi connectivity index (χ3n) is 1.64. The van der Waals surface area contributed by atoms with E-state index < -0.39 is 27.6 Å². The molecule has 3 N–H and O–H groups in total. The summed E-state index contributed by atoms with van der Waals surface area (Å²) in [6, 6.07) is 0. The Morgan fingerprint density at radius 3 is 0.895 bits per heavy atom. The van der Waals surface area contributed by atoms with E-state index in [-0.39, 0.29) is 37.7 Å². The smallest absolute Gasteiger partial charge is 0.759 e. The quantitative estimate of drug-likeness (QED) is 0.252. The molecular formula is C9H21CaNO7S. The van der Waals surface area contributed by atoms with Crippen molar-refractivity contribution >= 4 is 48.1 Å². The van der Waals surface area contributed by atoms with Gasteiger partial charge >= 0.3 is 37.7 Å². The summed E-state index contributed by atoms with van der Waals surface area (Å²) in [6.07, 6.45) is 0. The van der Waals surface area contributed by atoms with Gasteiger partial charge < -0.3 is 24.4 Å². The van der Waals surface area contributed by atoms with Gasteiger partial charge in [0, 0.05) is 10.4 Å². The van der Waals surface area contributed by atoms with Crippen LogP contribution in [0.4, 0.5) is 0 Å². The van der Waals surface area contributed by atoms with Gasteiger partial charge in [-0.2, -0.15) is 0 Å². The van der Waals surface area contributed by atoms with Crippen molar-refractivity contribution in [2.75, 3.05) is 0 Å². The van der Waals surface area contributed by atoms with E-state index in [0.29, 0.717) is 0 Å². The Morgan fingerprint density at radius 2 is 0.895 bits per heavy atom. The summed E-state index contributed by atoms with van der Waals surface area (Å²) >= 11 is 0. The molecule has 112 valence electrons. The van der Waals surface area contributed by atoms with Crippen LogP contribution in [0, 0.1) is 0 Å². The molecule has 8 nitrogen and oxygen atoms in total. The molecule has 0 saturated carbocycles. The molecule has 0 spiro atoms. The van der Waals surface area contributed by atoms with E-state index in [4.69, 9.17) is 17.5 Å². The van der Waals surface area contributed by atoms with Gasteiger partial charge in [0.15, 0.2) is 0 Å². The van der Waals surface area contributed by atoms with E-state index >= 15 is 0 Å². The van der Waals surface area contributed by atoms with Gasteiger partial charge in [-0.15, -0.1) is 0 Å². The summed E-state index contributed by atoms with van der Waals surface area (Å²) in [4.78, 5) is 1.23. The maximum absolute atomic E-state index is 9.75. The van der Waals surface area contributed by atoms with Crippen molar-refractivity contribution in [2.24, 2.45) is 0 Å². The van der Waals surface area contributed by atoms with E-state index in [9.17, 15) is 15.3 Å². The van der Waals surface area contributed by atoms with Gasteiger partial charge in [-0.3, -0.25) is 8.42 Å². The fourth-order valence-electron chi connectivity index (χ4n) is 2.01. The largest absolute Gasteiger partial charge is 2.00 e. The van der Waals surface area contributed by atoms with Gasteiger partial charge in [-0.05, 0) is 41.5 Å². The first-order valence-electron chi connectivity index (χ1n) is 5.01. The third kappa shape index (κ3) is 15.2. The zero-order valence-electron chi connectivity index (χ0n) is 12.0. The third-order valence-corrected chi connectivity index (χ3v) is 1.64. The maximum atomic E-state index is 9.75. The fraction of sp³-hybridized carbons (Fsp3) is 1.00. The standard InChI is InChI=1S/C9H21NO3.Ca.H2O4S/c1-7(2,11)10(8(3,4)12)9(5,6)13;;1-5(2,3)4/h11-13H,1-6H3;;(H2,1,2,3,4)/q;+2;/p-2. The predicted molar refractivity (Wildman–Crippen MR) is 67.0 cm³/mol. The Morgan fingerprint density at radius 1 is 0.789 bits per heavy atom. The Hall–Kier alpha value is 0.970. The molecule has 0 aliphatic carbocycles. The molecular weight excluding hydrogens is 306 g/mol. The van der Waals surface area contributed by atoms with Crippen molar-refractivity contribution in [3.05, 3.63) is 0 Å². The van der Waals surface area contributed by atoms with Crippen LogP contribution in [0.15, 0.2) is 0 Å². The van der Waals surface area contributed by atoms with Crippen molar-refractivity contribution in [3.8, 4) is 0 Å². The van der Waals surface area contributed by atoms with Crippen LogP contribution in [0.2, 0.25) is 0 Å². The van der Waals surface area contributed by atoms with Crippen LogP contribution >= 0.6 is 0 Å². The van der Waals surface area contributed by atoms with Crippen LogP contribution in [0.5, 0.6) is 0 Å². The Balaban J connectivity index is -0.000000366. The molecule has 19 heavy (non-hydrogen) atoms. The van der Waals surface area contributed by atoms with Crippen LogP contribution in [-0.4, -0.2) is 92.7 Å². The number of nitrogens with zero attached hydrogens (tertiary/aromatic N) is 1. The summed E-state index contributed by atoms with van der Waals surface area (Å²) in [5.41, 5.74) is -3.84. The average Bonchev–Trinajstić information content (AvgIpc) is 1.65. The van der Waals surface area contributed by atoms with Gasteiger partial charge in [-0.25, -0.2) is 4.90 Å². The van der Waals surface area contributed by atoms with Gasteiger partial charge in [-0.1, -0.05) is 0 Å². The number of aliphatic hydroxyl groups is 3. The van der Waals surface area contributed by atoms with Crippen LogP contribution < -0.4 is 0 Å². The summed E-state index contributed by atoms with van der Waals surface area (Å²) in [6.45, 7) is 9.10. The minimum atomic E-state index is -5.17. The second-order valence-electron chi connectivity index (χ2n) is 5.23. The molecule has 0 aliphatic heterocycles. The summed E-state index contributed by atoms with van der Waals surface area (Å²) in [7, 11) is -5.17. The second-order valence-corrected chi connectivity index (χ2v) is 6.04. The molecule has 0 fully saturated rings. The van der Waals surface area contributed by atoms with Crippen LogP contribution in [0.1, 0.15) is 41.5 Å². The van der Waals surface area contributed by atoms with Crippen molar-refractivity contribution in [2.45, 2.75) is 58.7 Å². The fourth-order valence-corrected chi connectivity index (χ4v) is 2.01. The molecule has 0 saturated heterocycles. The minimum absolute atomic E-state index is 0. The first-order valence-corrected chi connectivity index (χ1v) is 6.34. The van der Waals surface area contributed by atoms with Crippen molar-refractivity contribution in [1.82, 2.24) is 4.90 Å². The molecule has 0 radical (unpaired) electrons. The van der Waals surface area contributed by atoms with Crippen LogP contribution in [0.3, 0.4) is 0 Å². The maximum Gasteiger partial charge on any atom is 2.00 e. The predicted octanol–water partition coefficient (Wildman–Crippen LogP) is -1.25. The average molecular weight is 327 g/mol. The zero-order valence-corrected chi connectivity index (χ0v) is 15.1. The number of rotatable bonds is 3. The van der Waals surface area contributed by atoms with E-state index in [1.54, 1.807) is 0 Å². The van der Waals surface area contributed by atoms with Crippen LogP contribution in [0.25, 0.3) is 0 Å². The van der Waals surface area contributed by atoms with E-state index in [1.807, 2.05) is 0 Å². The Kier molecular flexibility index (Phi) is 10.3. The van der Waals surface area contributed by atoms with Crippen molar-refractivity contribution in [1.29, 1.82) is 0 Å². The summed E-state index contributed by atoms with van der Waals surface area (Å²) in [5, 5.41) is 29.3. The minimum Gasteiger partial charge on any atom is -0.759 e. The van der Waals surface area contributed by atoms with Crippen LogP contribution in [-0.2, 0) is 10.4 Å². The van der Waals surface area contributed by atoms with Gasteiger partial charge in [0.2, 0.25) is 0 Å². The SMILES string of the molecule is CC(C)(O)N(C(C)(C)O)C(C)(C)O.O=S(=O)([O-])[O-].[Ca+2]. The van der Waals surface area contributed by atoms with Gasteiger partial charge in [0.1, 0.15) is 17.2 Å². The number of hydrogen-bond donors (Lipinski definition) is 3. The van der Waals surface area contributed by atoms with E-state index in [2.05, 4.69) is 0 Å². The molecule has 0 aliphatic rings. The molecule has 0 aromatic carbocycles. The Bertz CT molecular complexity index is 309. The topological polar surface area (TPSA) is 144 Å². The summed E-state index contributed by atoms with van der Waals surface area (Å²) < 4.78 is 34.1. The molecule has 0 atom stereocenters. The summed E-state index contributed by atoms with van der Waals surface area (Å²) in [5.74, 6) is 0. The molecule has 0 aromatic rings. The van der Waals surface area contributed by atoms with Crippen molar-refractivity contribution < 1.29 is 32.8 Å². The van der Waals surface area contributed by atoms with E-state index in [0.717, 1.165) is 0 Å². The normalized spacial score (nSPS) is 13.5. The monoisotopic (exact) mass is 327 g/mol. The number of hydrogen-bond acceptors (Lipinski definition) is 8. The molecule has 0 rings (SSSR count). The molecule has 0 heterocycles. The molecule has 0 aromatic heterocycles. The molecule has 0 unspecified atom stereocenters. The molecule has 0 amide bonds. The zero-order chi connectivity index (χ0) is 15.6. The van der Waals surface area contributed by atoms with Gasteiger partial charge in [0.25, 0.3) is 0 Å². The molecule has 10 heteroatoms. The molecule has 0 bridgehead atoms. The first-order chi connectivity index (χ1) is 7.37. The Labute approximate surface area is 144 Å². The van der Waals surface area contributed by atoms with E-state index in [1.165, 1.54) is 46.4 Å². The van der Waals surface area contributed by atoms with Crippen molar-refractivity contribution in [3.63, 3.8) is 0 Å². The first kappa shape index (κ1) is 25.0. The second kappa shape index (κ2) is 7.83.